The number of amides is 2. The van der Waals surface area contributed by atoms with Crippen LogP contribution in [-0.2, 0) is 0 Å². The zero-order valence-electron chi connectivity index (χ0n) is 10.7. The molecule has 0 aromatic heterocycles. The van der Waals surface area contributed by atoms with Gasteiger partial charge in [-0.15, -0.1) is 0 Å². The zero-order valence-corrected chi connectivity index (χ0v) is 10.7. The monoisotopic (exact) mass is 268 g/mol. The van der Waals surface area contributed by atoms with Crippen molar-refractivity contribution in [2.24, 2.45) is 0 Å². The van der Waals surface area contributed by atoms with Crippen LogP contribution in [0.1, 0.15) is 36.5 Å². The third-order valence-electron chi connectivity index (χ3n) is 2.52. The summed E-state index contributed by atoms with van der Waals surface area (Å²) in [6, 6.07) is 2.98. The van der Waals surface area contributed by atoms with E-state index in [1.165, 1.54) is 6.07 Å². The lowest BCUT2D eigenvalue weighted by molar-refractivity contribution is 0.0692. The van der Waals surface area contributed by atoms with Crippen molar-refractivity contribution in [1.29, 1.82) is 0 Å². The molecule has 1 rings (SSSR count). The van der Waals surface area contributed by atoms with Crippen LogP contribution in [0.3, 0.4) is 0 Å². The molecule has 3 N–H and O–H groups in total. The second kappa shape index (κ2) is 7.35. The van der Waals surface area contributed by atoms with Crippen LogP contribution in [-0.4, -0.2) is 23.7 Å². The first-order valence-corrected chi connectivity index (χ1v) is 6.12. The summed E-state index contributed by atoms with van der Waals surface area (Å²) in [6.07, 6.45) is 2.97. The molecule has 0 aliphatic carbocycles. The molecule has 5 nitrogen and oxygen atoms in total. The Morgan fingerprint density at radius 1 is 1.32 bits per heavy atom. The van der Waals surface area contributed by atoms with Gasteiger partial charge in [-0.1, -0.05) is 19.8 Å². The summed E-state index contributed by atoms with van der Waals surface area (Å²) in [4.78, 5) is 22.2. The Bertz CT molecular complexity index is 463. The number of carboxylic acid groups (broad SMARTS) is 1. The van der Waals surface area contributed by atoms with Gasteiger partial charge in [0, 0.05) is 12.2 Å². The molecule has 0 bridgehead atoms. The molecule has 1 aromatic rings. The van der Waals surface area contributed by atoms with Crippen LogP contribution >= 0.6 is 0 Å². The number of carbonyl (C=O) groups excluding carboxylic acids is 1. The van der Waals surface area contributed by atoms with Crippen molar-refractivity contribution in [3.63, 3.8) is 0 Å². The number of hydrogen-bond donors (Lipinski definition) is 3. The number of carboxylic acids is 1. The highest BCUT2D eigenvalue weighted by molar-refractivity contribution is 5.93. The lowest BCUT2D eigenvalue weighted by Gasteiger charge is -2.08. The molecule has 19 heavy (non-hydrogen) atoms. The van der Waals surface area contributed by atoms with Crippen molar-refractivity contribution < 1.29 is 19.1 Å². The van der Waals surface area contributed by atoms with E-state index in [1.54, 1.807) is 0 Å². The summed E-state index contributed by atoms with van der Waals surface area (Å²) in [5.74, 6) is -2.20. The van der Waals surface area contributed by atoms with Crippen LogP contribution in [0.2, 0.25) is 0 Å². The zero-order chi connectivity index (χ0) is 14.3. The SMILES string of the molecule is CCCCCNC(=O)Nc1ccc(F)c(C(=O)O)c1. The Morgan fingerprint density at radius 2 is 2.05 bits per heavy atom. The number of carbonyl (C=O) groups is 2. The van der Waals surface area contributed by atoms with Crippen LogP contribution in [0.4, 0.5) is 14.9 Å². The second-order valence-corrected chi connectivity index (χ2v) is 4.09. The number of benzene rings is 1. The van der Waals surface area contributed by atoms with Gasteiger partial charge in [-0.25, -0.2) is 14.0 Å². The third kappa shape index (κ3) is 4.95. The van der Waals surface area contributed by atoms with Gasteiger partial charge in [0.1, 0.15) is 5.82 Å². The van der Waals surface area contributed by atoms with Crippen LogP contribution in [0.5, 0.6) is 0 Å². The number of unbranched alkanes of at least 4 members (excludes halogenated alkanes) is 2. The maximum absolute atomic E-state index is 13.1. The number of aromatic carboxylic acids is 1. The number of anilines is 1. The van der Waals surface area contributed by atoms with E-state index in [-0.39, 0.29) is 5.69 Å². The number of hydrogen-bond acceptors (Lipinski definition) is 2. The Morgan fingerprint density at radius 3 is 2.68 bits per heavy atom. The number of urea groups is 1. The first kappa shape index (κ1) is 14.9. The van der Waals surface area contributed by atoms with Crippen LogP contribution in [0.15, 0.2) is 18.2 Å². The summed E-state index contributed by atoms with van der Waals surface area (Å²) in [7, 11) is 0. The molecule has 0 saturated heterocycles. The summed E-state index contributed by atoms with van der Waals surface area (Å²) in [5.41, 5.74) is -0.226. The number of halogens is 1. The smallest absolute Gasteiger partial charge is 0.338 e. The number of rotatable bonds is 6. The van der Waals surface area contributed by atoms with E-state index in [0.717, 1.165) is 31.4 Å². The fourth-order valence-electron chi connectivity index (χ4n) is 1.52. The van der Waals surface area contributed by atoms with Crippen molar-refractivity contribution in [3.05, 3.63) is 29.6 Å². The molecule has 0 aliphatic rings. The molecule has 0 saturated carbocycles. The predicted octanol–water partition coefficient (Wildman–Crippen LogP) is 2.84. The Hall–Kier alpha value is -2.11. The van der Waals surface area contributed by atoms with Crippen molar-refractivity contribution in [1.82, 2.24) is 5.32 Å². The van der Waals surface area contributed by atoms with E-state index in [1.807, 2.05) is 0 Å². The van der Waals surface area contributed by atoms with Crippen molar-refractivity contribution >= 4 is 17.7 Å². The quantitative estimate of drug-likeness (QED) is 0.694. The molecule has 1 aromatic carbocycles. The summed E-state index contributed by atoms with van der Waals surface area (Å²) in [6.45, 7) is 2.61. The molecule has 0 fully saturated rings. The fourth-order valence-corrected chi connectivity index (χ4v) is 1.52. The maximum Gasteiger partial charge on any atom is 0.338 e. The predicted molar refractivity (Wildman–Crippen MR) is 69.9 cm³/mol. The van der Waals surface area contributed by atoms with Crippen molar-refractivity contribution in [3.8, 4) is 0 Å². The van der Waals surface area contributed by atoms with Gasteiger partial charge in [0.2, 0.25) is 0 Å². The van der Waals surface area contributed by atoms with Crippen LogP contribution in [0, 0.1) is 5.82 Å². The summed E-state index contributed by atoms with van der Waals surface area (Å²) >= 11 is 0. The third-order valence-corrected chi connectivity index (χ3v) is 2.52. The van der Waals surface area contributed by atoms with Crippen molar-refractivity contribution in [2.45, 2.75) is 26.2 Å². The highest BCUT2D eigenvalue weighted by Crippen LogP contribution is 2.14. The average molecular weight is 268 g/mol. The van der Waals surface area contributed by atoms with E-state index in [2.05, 4.69) is 17.6 Å². The van der Waals surface area contributed by atoms with E-state index in [0.29, 0.717) is 6.54 Å². The lowest BCUT2D eigenvalue weighted by Crippen LogP contribution is -2.29. The first-order valence-electron chi connectivity index (χ1n) is 6.12. The van der Waals surface area contributed by atoms with Gasteiger partial charge in [-0.2, -0.15) is 0 Å². The Labute approximate surface area is 110 Å². The molecule has 6 heteroatoms. The lowest BCUT2D eigenvalue weighted by atomic mass is 10.2. The van der Waals surface area contributed by atoms with E-state index in [9.17, 15) is 14.0 Å². The largest absolute Gasteiger partial charge is 0.478 e. The number of nitrogens with one attached hydrogen (secondary N) is 2. The summed E-state index contributed by atoms with van der Waals surface area (Å²) in [5, 5.41) is 13.9. The minimum absolute atomic E-state index is 0.242. The standard InChI is InChI=1S/C13H17FN2O3/c1-2-3-4-7-15-13(19)16-9-5-6-11(14)10(8-9)12(17)18/h5-6,8H,2-4,7H2,1H3,(H,17,18)(H2,15,16,19). The van der Waals surface area contributed by atoms with Gasteiger partial charge in [-0.05, 0) is 24.6 Å². The average Bonchev–Trinajstić information content (AvgIpc) is 2.36. The van der Waals surface area contributed by atoms with Gasteiger partial charge >= 0.3 is 12.0 Å². The summed E-state index contributed by atoms with van der Waals surface area (Å²) < 4.78 is 13.1. The minimum atomic E-state index is -1.37. The molecule has 0 aliphatic heterocycles. The fraction of sp³-hybridized carbons (Fsp3) is 0.385. The molecule has 2 amide bonds. The molecule has 0 spiro atoms. The normalized spacial score (nSPS) is 10.0. The molecule has 0 heterocycles. The van der Waals surface area contributed by atoms with Gasteiger partial charge < -0.3 is 15.7 Å². The molecule has 0 radical (unpaired) electrons. The molecular weight excluding hydrogens is 251 g/mol. The molecule has 104 valence electrons. The van der Waals surface area contributed by atoms with Crippen LogP contribution < -0.4 is 10.6 Å². The Balaban J connectivity index is 2.55. The van der Waals surface area contributed by atoms with E-state index in [4.69, 9.17) is 5.11 Å². The first-order chi connectivity index (χ1) is 9.04. The van der Waals surface area contributed by atoms with E-state index >= 15 is 0 Å². The van der Waals surface area contributed by atoms with Crippen LogP contribution in [0.25, 0.3) is 0 Å². The highest BCUT2D eigenvalue weighted by atomic mass is 19.1. The van der Waals surface area contributed by atoms with Gasteiger partial charge in [0.05, 0.1) is 5.56 Å². The van der Waals surface area contributed by atoms with Gasteiger partial charge in [0.15, 0.2) is 0 Å². The second-order valence-electron chi connectivity index (χ2n) is 4.09. The molecule has 0 unspecified atom stereocenters. The van der Waals surface area contributed by atoms with Gasteiger partial charge in [-0.3, -0.25) is 0 Å². The highest BCUT2D eigenvalue weighted by Gasteiger charge is 2.11. The van der Waals surface area contributed by atoms with E-state index < -0.39 is 23.4 Å². The topological polar surface area (TPSA) is 78.4 Å². The molecule has 0 atom stereocenters. The Kier molecular flexibility index (Phi) is 5.78. The molecular formula is C13H17FN2O3. The van der Waals surface area contributed by atoms with Crippen molar-refractivity contribution in [2.75, 3.05) is 11.9 Å². The maximum atomic E-state index is 13.1. The minimum Gasteiger partial charge on any atom is -0.478 e. The van der Waals surface area contributed by atoms with Gasteiger partial charge in [0.25, 0.3) is 0 Å².